The number of hydrogen-bond acceptors (Lipinski definition) is 3. The summed E-state index contributed by atoms with van der Waals surface area (Å²) >= 11 is 0. The normalized spacial score (nSPS) is 12.9. The van der Waals surface area contributed by atoms with Gasteiger partial charge in [0.15, 0.2) is 0 Å². The average Bonchev–Trinajstić information content (AvgIpc) is 2.34. The highest BCUT2D eigenvalue weighted by Crippen LogP contribution is 2.08. The van der Waals surface area contributed by atoms with E-state index in [1.165, 1.54) is 5.56 Å². The molecule has 4 nitrogen and oxygen atoms in total. The molecule has 112 valence electrons. The Morgan fingerprint density at radius 3 is 2.20 bits per heavy atom. The number of nitrogens with zero attached hydrogens (tertiary/aromatic N) is 1. The Hall–Kier alpha value is -1.39. The lowest BCUT2D eigenvalue weighted by Gasteiger charge is -2.25. The van der Waals surface area contributed by atoms with Crippen molar-refractivity contribution in [3.05, 3.63) is 35.4 Å². The average molecular weight is 278 g/mol. The van der Waals surface area contributed by atoms with Crippen LogP contribution in [0.1, 0.15) is 25.0 Å². The number of benzene rings is 1. The Labute approximate surface area is 121 Å². The van der Waals surface area contributed by atoms with E-state index in [0.717, 1.165) is 18.7 Å². The molecule has 1 rings (SSSR count). The molecular weight excluding hydrogens is 252 g/mol. The first-order chi connectivity index (χ1) is 9.38. The third kappa shape index (κ3) is 6.17. The number of carboxylic acids is 1. The molecule has 0 fully saturated rings. The monoisotopic (exact) mass is 278 g/mol. The number of carboxylic acid groups (broad SMARTS) is 1. The minimum Gasteiger partial charge on any atom is -0.481 e. The van der Waals surface area contributed by atoms with Gasteiger partial charge >= 0.3 is 5.97 Å². The highest BCUT2D eigenvalue weighted by atomic mass is 16.4. The SMILES string of the molecule is CC(C)C(CN(C)C)NCc1ccc(CC(=O)O)cc1. The van der Waals surface area contributed by atoms with Gasteiger partial charge in [-0.2, -0.15) is 0 Å². The van der Waals surface area contributed by atoms with Crippen molar-refractivity contribution in [2.45, 2.75) is 32.9 Å². The third-order valence-electron chi connectivity index (χ3n) is 3.31. The molecule has 1 aromatic carbocycles. The Kier molecular flexibility index (Phi) is 6.68. The van der Waals surface area contributed by atoms with E-state index in [0.29, 0.717) is 12.0 Å². The molecule has 0 aliphatic carbocycles. The van der Waals surface area contributed by atoms with Gasteiger partial charge in [0.1, 0.15) is 0 Å². The Morgan fingerprint density at radius 1 is 1.20 bits per heavy atom. The van der Waals surface area contributed by atoms with Crippen LogP contribution in [0.3, 0.4) is 0 Å². The van der Waals surface area contributed by atoms with Crippen molar-refractivity contribution in [2.24, 2.45) is 5.92 Å². The van der Waals surface area contributed by atoms with Gasteiger partial charge in [-0.15, -0.1) is 0 Å². The standard InChI is InChI=1S/C16H26N2O2/c1-12(2)15(11-18(3)4)17-10-14-7-5-13(6-8-14)9-16(19)20/h5-8,12,15,17H,9-11H2,1-4H3,(H,19,20). The number of likely N-dealkylation sites (N-methyl/N-ethyl adjacent to an activating group) is 1. The minimum absolute atomic E-state index is 0.0863. The molecule has 0 saturated carbocycles. The quantitative estimate of drug-likeness (QED) is 0.763. The number of nitrogens with one attached hydrogen (secondary N) is 1. The zero-order chi connectivity index (χ0) is 15.1. The molecule has 0 heterocycles. The molecule has 20 heavy (non-hydrogen) atoms. The molecule has 0 bridgehead atoms. The summed E-state index contributed by atoms with van der Waals surface area (Å²) in [5, 5.41) is 12.3. The number of aliphatic carboxylic acids is 1. The predicted molar refractivity (Wildman–Crippen MR) is 81.8 cm³/mol. The van der Waals surface area contributed by atoms with Crippen LogP contribution in [0.15, 0.2) is 24.3 Å². The predicted octanol–water partition coefficient (Wildman–Crippen LogP) is 1.99. The maximum atomic E-state index is 10.6. The third-order valence-corrected chi connectivity index (χ3v) is 3.31. The van der Waals surface area contributed by atoms with Gasteiger partial charge in [-0.25, -0.2) is 0 Å². The van der Waals surface area contributed by atoms with E-state index in [-0.39, 0.29) is 6.42 Å². The van der Waals surface area contributed by atoms with Crippen LogP contribution in [0.5, 0.6) is 0 Å². The molecule has 0 amide bonds. The lowest BCUT2D eigenvalue weighted by molar-refractivity contribution is -0.136. The number of rotatable bonds is 8. The maximum absolute atomic E-state index is 10.6. The molecule has 1 atom stereocenters. The van der Waals surface area contributed by atoms with Crippen LogP contribution in [0, 0.1) is 5.92 Å². The van der Waals surface area contributed by atoms with E-state index < -0.39 is 5.97 Å². The first kappa shape index (κ1) is 16.7. The molecule has 0 radical (unpaired) electrons. The molecule has 0 aromatic heterocycles. The summed E-state index contributed by atoms with van der Waals surface area (Å²) in [6, 6.07) is 8.23. The zero-order valence-corrected chi connectivity index (χ0v) is 12.9. The summed E-state index contributed by atoms with van der Waals surface area (Å²) in [6.07, 6.45) is 0.0863. The van der Waals surface area contributed by atoms with Crippen molar-refractivity contribution in [1.29, 1.82) is 0 Å². The number of carbonyl (C=O) groups is 1. The van der Waals surface area contributed by atoms with Crippen molar-refractivity contribution in [1.82, 2.24) is 10.2 Å². The highest BCUT2D eigenvalue weighted by molar-refractivity contribution is 5.70. The van der Waals surface area contributed by atoms with Gasteiger partial charge in [0.05, 0.1) is 6.42 Å². The molecule has 0 saturated heterocycles. The first-order valence-corrected chi connectivity index (χ1v) is 7.06. The smallest absolute Gasteiger partial charge is 0.307 e. The fourth-order valence-electron chi connectivity index (χ4n) is 2.10. The van der Waals surface area contributed by atoms with E-state index >= 15 is 0 Å². The second-order valence-electron chi connectivity index (χ2n) is 5.88. The minimum atomic E-state index is -0.790. The van der Waals surface area contributed by atoms with Crippen LogP contribution in [0.2, 0.25) is 0 Å². The molecule has 1 unspecified atom stereocenters. The molecule has 0 spiro atoms. The van der Waals surface area contributed by atoms with Gasteiger partial charge in [0, 0.05) is 19.1 Å². The van der Waals surface area contributed by atoms with E-state index in [1.807, 2.05) is 24.3 Å². The second kappa shape index (κ2) is 8.02. The van der Waals surface area contributed by atoms with Gasteiger partial charge in [0.25, 0.3) is 0 Å². The first-order valence-electron chi connectivity index (χ1n) is 7.06. The summed E-state index contributed by atoms with van der Waals surface area (Å²) in [6.45, 7) is 6.26. The number of hydrogen-bond donors (Lipinski definition) is 2. The zero-order valence-electron chi connectivity index (χ0n) is 12.9. The molecule has 0 aliphatic heterocycles. The second-order valence-corrected chi connectivity index (χ2v) is 5.88. The topological polar surface area (TPSA) is 52.6 Å². The molecular formula is C16H26N2O2. The van der Waals surface area contributed by atoms with Gasteiger partial charge in [-0.05, 0) is 31.1 Å². The highest BCUT2D eigenvalue weighted by Gasteiger charge is 2.13. The summed E-state index contributed by atoms with van der Waals surface area (Å²) in [4.78, 5) is 12.8. The Morgan fingerprint density at radius 2 is 1.75 bits per heavy atom. The van der Waals surface area contributed by atoms with Crippen molar-refractivity contribution < 1.29 is 9.90 Å². The summed E-state index contributed by atoms with van der Waals surface area (Å²) in [5.74, 6) is -0.217. The summed E-state index contributed by atoms with van der Waals surface area (Å²) < 4.78 is 0. The van der Waals surface area contributed by atoms with Crippen molar-refractivity contribution >= 4 is 5.97 Å². The Balaban J connectivity index is 2.53. The Bertz CT molecular complexity index is 413. The van der Waals surface area contributed by atoms with Crippen LogP contribution in [-0.4, -0.2) is 42.7 Å². The van der Waals surface area contributed by atoms with E-state index in [4.69, 9.17) is 5.11 Å². The van der Waals surface area contributed by atoms with Crippen LogP contribution >= 0.6 is 0 Å². The van der Waals surface area contributed by atoms with Crippen molar-refractivity contribution in [2.75, 3.05) is 20.6 Å². The maximum Gasteiger partial charge on any atom is 0.307 e. The van der Waals surface area contributed by atoms with E-state index in [2.05, 4.69) is 38.2 Å². The fourth-order valence-corrected chi connectivity index (χ4v) is 2.10. The van der Waals surface area contributed by atoms with Crippen molar-refractivity contribution in [3.63, 3.8) is 0 Å². The van der Waals surface area contributed by atoms with Crippen molar-refractivity contribution in [3.8, 4) is 0 Å². The fraction of sp³-hybridized carbons (Fsp3) is 0.562. The molecule has 0 aliphatic rings. The van der Waals surface area contributed by atoms with Gasteiger partial charge in [0.2, 0.25) is 0 Å². The summed E-state index contributed by atoms with van der Waals surface area (Å²) in [5.41, 5.74) is 2.03. The van der Waals surface area contributed by atoms with Crippen LogP contribution < -0.4 is 5.32 Å². The van der Waals surface area contributed by atoms with E-state index in [1.54, 1.807) is 0 Å². The van der Waals surface area contributed by atoms with E-state index in [9.17, 15) is 4.79 Å². The van der Waals surface area contributed by atoms with Gasteiger partial charge in [-0.3, -0.25) is 4.79 Å². The van der Waals surface area contributed by atoms with Crippen LogP contribution in [-0.2, 0) is 17.8 Å². The molecule has 1 aromatic rings. The van der Waals surface area contributed by atoms with Crippen LogP contribution in [0.4, 0.5) is 0 Å². The summed E-state index contributed by atoms with van der Waals surface area (Å²) in [7, 11) is 4.16. The molecule has 4 heteroatoms. The van der Waals surface area contributed by atoms with Crippen LogP contribution in [0.25, 0.3) is 0 Å². The lowest BCUT2D eigenvalue weighted by atomic mass is 10.0. The largest absolute Gasteiger partial charge is 0.481 e. The lowest BCUT2D eigenvalue weighted by Crippen LogP contribution is -2.41. The van der Waals surface area contributed by atoms with Gasteiger partial charge < -0.3 is 15.3 Å². The molecule has 2 N–H and O–H groups in total. The van der Waals surface area contributed by atoms with Gasteiger partial charge in [-0.1, -0.05) is 38.1 Å².